The second-order valence-corrected chi connectivity index (χ2v) is 11.5. The van der Waals surface area contributed by atoms with Gasteiger partial charge in [0.1, 0.15) is 0 Å². The number of amides is 1. The van der Waals surface area contributed by atoms with Gasteiger partial charge in [-0.3, -0.25) is 9.59 Å². The highest BCUT2D eigenvalue weighted by Gasteiger charge is 2.34. The molecule has 1 atom stereocenters. The zero-order chi connectivity index (χ0) is 23.4. The van der Waals surface area contributed by atoms with Crippen LogP contribution in [0, 0.1) is 5.92 Å². The lowest BCUT2D eigenvalue weighted by Gasteiger charge is -2.35. The highest BCUT2D eigenvalue weighted by molar-refractivity contribution is 7.89. The van der Waals surface area contributed by atoms with Crippen molar-refractivity contribution < 1.29 is 22.7 Å². The topological polar surface area (TPSA) is 84.0 Å². The number of carbonyl (C=O) groups is 2. The van der Waals surface area contributed by atoms with Crippen molar-refractivity contribution in [3.8, 4) is 0 Å². The van der Waals surface area contributed by atoms with E-state index in [0.717, 1.165) is 63.5 Å². The Morgan fingerprint density at radius 1 is 0.970 bits per heavy atom. The summed E-state index contributed by atoms with van der Waals surface area (Å²) in [4.78, 5) is 27.3. The zero-order valence-corrected chi connectivity index (χ0v) is 20.4. The highest BCUT2D eigenvalue weighted by Crippen LogP contribution is 2.28. The number of nitrogens with zero attached hydrogens (tertiary/aromatic N) is 2. The van der Waals surface area contributed by atoms with Crippen LogP contribution in [0.5, 0.6) is 0 Å². The van der Waals surface area contributed by atoms with E-state index < -0.39 is 10.0 Å². The largest absolute Gasteiger partial charge is 0.455 e. The third-order valence-electron chi connectivity index (χ3n) is 7.50. The van der Waals surface area contributed by atoms with E-state index in [1.54, 1.807) is 6.07 Å². The number of carbonyl (C=O) groups excluding carboxylic acids is 2. The molecule has 1 aromatic carbocycles. The molecule has 0 aromatic heterocycles. The smallest absolute Gasteiger partial charge is 0.309 e. The molecule has 2 fully saturated rings. The molecule has 2 heterocycles. The second kappa shape index (κ2) is 10.6. The van der Waals surface area contributed by atoms with E-state index in [4.69, 9.17) is 4.74 Å². The van der Waals surface area contributed by atoms with Crippen LogP contribution in [-0.2, 0) is 37.2 Å². The summed E-state index contributed by atoms with van der Waals surface area (Å²) in [6.07, 6.45) is 9.09. The minimum absolute atomic E-state index is 0.123. The maximum atomic E-state index is 13.2. The molecule has 0 saturated carbocycles. The van der Waals surface area contributed by atoms with Crippen LogP contribution in [0.3, 0.4) is 0 Å². The Morgan fingerprint density at radius 3 is 2.42 bits per heavy atom. The summed E-state index contributed by atoms with van der Waals surface area (Å²) in [5.41, 5.74) is 2.40. The van der Waals surface area contributed by atoms with Crippen LogP contribution in [0.15, 0.2) is 23.1 Å². The first-order valence-electron chi connectivity index (χ1n) is 12.5. The summed E-state index contributed by atoms with van der Waals surface area (Å²) in [5.74, 6) is -0.877. The summed E-state index contributed by atoms with van der Waals surface area (Å²) >= 11 is 0. The predicted octanol–water partition coefficient (Wildman–Crippen LogP) is 3.30. The van der Waals surface area contributed by atoms with Gasteiger partial charge in [0.2, 0.25) is 10.0 Å². The Balaban J connectivity index is 1.29. The minimum atomic E-state index is -3.57. The first-order valence-corrected chi connectivity index (χ1v) is 13.9. The van der Waals surface area contributed by atoms with Gasteiger partial charge in [-0.1, -0.05) is 13.0 Å². The average molecular weight is 477 g/mol. The van der Waals surface area contributed by atoms with Gasteiger partial charge in [0.05, 0.1) is 10.8 Å². The number of hydrogen-bond donors (Lipinski definition) is 0. The molecule has 0 radical (unpaired) electrons. The van der Waals surface area contributed by atoms with Crippen LogP contribution < -0.4 is 0 Å². The van der Waals surface area contributed by atoms with E-state index in [1.165, 1.54) is 9.87 Å². The molecule has 1 amide bonds. The Kier molecular flexibility index (Phi) is 7.74. The van der Waals surface area contributed by atoms with Crippen molar-refractivity contribution in [3.63, 3.8) is 0 Å². The van der Waals surface area contributed by atoms with Crippen molar-refractivity contribution >= 4 is 21.9 Å². The van der Waals surface area contributed by atoms with Crippen LogP contribution in [0.2, 0.25) is 0 Å². The summed E-state index contributed by atoms with van der Waals surface area (Å²) in [6, 6.07) is 5.74. The Hall–Kier alpha value is -1.93. The maximum Gasteiger partial charge on any atom is 0.309 e. The molecule has 182 valence electrons. The molecule has 7 nitrogen and oxygen atoms in total. The number of hydrogen-bond acceptors (Lipinski definition) is 5. The molecule has 3 aliphatic rings. The predicted molar refractivity (Wildman–Crippen MR) is 125 cm³/mol. The van der Waals surface area contributed by atoms with Gasteiger partial charge in [-0.15, -0.1) is 0 Å². The van der Waals surface area contributed by atoms with Crippen molar-refractivity contribution in [1.82, 2.24) is 9.21 Å². The van der Waals surface area contributed by atoms with Crippen LogP contribution in [-0.4, -0.2) is 61.8 Å². The Labute approximate surface area is 197 Å². The lowest BCUT2D eigenvalue weighted by Crippen LogP contribution is -2.46. The molecule has 0 N–H and O–H groups in total. The van der Waals surface area contributed by atoms with Crippen molar-refractivity contribution in [3.05, 3.63) is 29.3 Å². The molecule has 4 rings (SSSR count). The number of rotatable bonds is 6. The van der Waals surface area contributed by atoms with Gasteiger partial charge in [-0.05, 0) is 87.5 Å². The average Bonchev–Trinajstić information content (AvgIpc) is 2.86. The van der Waals surface area contributed by atoms with Crippen molar-refractivity contribution in [2.24, 2.45) is 5.92 Å². The fraction of sp³-hybridized carbons (Fsp3) is 0.680. The van der Waals surface area contributed by atoms with Crippen LogP contribution in [0.25, 0.3) is 0 Å². The van der Waals surface area contributed by atoms with E-state index in [9.17, 15) is 18.0 Å². The molecule has 2 saturated heterocycles. The number of ether oxygens (including phenoxy) is 1. The third-order valence-corrected chi connectivity index (χ3v) is 9.40. The maximum absolute atomic E-state index is 13.2. The van der Waals surface area contributed by atoms with E-state index in [-0.39, 0.29) is 43.5 Å². The molecule has 0 spiro atoms. The van der Waals surface area contributed by atoms with Crippen LogP contribution in [0.1, 0.15) is 69.4 Å². The number of piperidine rings is 2. The molecule has 2 aliphatic heterocycles. The SMILES string of the molecule is CCC1CCCCN1C(=O)COC(=O)C1CCN(S(=O)(=O)c2ccc3c(c2)CCCC3)CC1. The first kappa shape index (κ1) is 24.2. The molecule has 1 aromatic rings. The molecular formula is C25H36N2O5S. The normalized spacial score (nSPS) is 22.6. The number of benzene rings is 1. The molecule has 0 bridgehead atoms. The fourth-order valence-electron chi connectivity index (χ4n) is 5.44. The zero-order valence-electron chi connectivity index (χ0n) is 19.6. The first-order chi connectivity index (χ1) is 15.9. The van der Waals surface area contributed by atoms with Gasteiger partial charge in [-0.25, -0.2) is 8.42 Å². The van der Waals surface area contributed by atoms with Gasteiger partial charge < -0.3 is 9.64 Å². The number of sulfonamides is 1. The number of fused-ring (bicyclic) bond motifs is 1. The minimum Gasteiger partial charge on any atom is -0.455 e. The standard InChI is InChI=1S/C25H36N2O5S/c1-2-22-9-5-6-14-27(22)24(28)18-32-25(29)20-12-15-26(16-13-20)33(30,31)23-11-10-19-7-3-4-8-21(19)17-23/h10-11,17,20,22H,2-9,12-16,18H2,1H3. The monoisotopic (exact) mass is 476 g/mol. The van der Waals surface area contributed by atoms with Gasteiger partial charge in [0.25, 0.3) is 5.91 Å². The summed E-state index contributed by atoms with van der Waals surface area (Å²) < 4.78 is 33.2. The van der Waals surface area contributed by atoms with Crippen LogP contribution >= 0.6 is 0 Å². The van der Waals surface area contributed by atoms with E-state index in [2.05, 4.69) is 6.92 Å². The summed E-state index contributed by atoms with van der Waals surface area (Å²) in [5, 5.41) is 0. The lowest BCUT2D eigenvalue weighted by atomic mass is 9.92. The van der Waals surface area contributed by atoms with Gasteiger partial charge in [-0.2, -0.15) is 4.31 Å². The Bertz CT molecular complexity index is 969. The second-order valence-electron chi connectivity index (χ2n) is 9.57. The van der Waals surface area contributed by atoms with E-state index in [1.807, 2.05) is 17.0 Å². The van der Waals surface area contributed by atoms with Crippen LogP contribution in [0.4, 0.5) is 0 Å². The lowest BCUT2D eigenvalue weighted by molar-refractivity contribution is -0.157. The van der Waals surface area contributed by atoms with Gasteiger partial charge in [0.15, 0.2) is 6.61 Å². The van der Waals surface area contributed by atoms with Crippen molar-refractivity contribution in [2.45, 2.75) is 82.1 Å². The quantitative estimate of drug-likeness (QED) is 0.588. The molecule has 1 unspecified atom stereocenters. The van der Waals surface area contributed by atoms with Gasteiger partial charge in [0, 0.05) is 25.7 Å². The van der Waals surface area contributed by atoms with E-state index >= 15 is 0 Å². The Morgan fingerprint density at radius 2 is 1.70 bits per heavy atom. The number of esters is 1. The molecule has 1 aliphatic carbocycles. The summed E-state index contributed by atoms with van der Waals surface area (Å²) in [7, 11) is -3.57. The summed E-state index contributed by atoms with van der Waals surface area (Å²) in [6.45, 7) is 3.17. The third kappa shape index (κ3) is 5.43. The number of likely N-dealkylation sites (tertiary alicyclic amines) is 1. The van der Waals surface area contributed by atoms with Gasteiger partial charge >= 0.3 is 5.97 Å². The van der Waals surface area contributed by atoms with E-state index in [0.29, 0.717) is 17.7 Å². The molecular weight excluding hydrogens is 440 g/mol. The molecule has 33 heavy (non-hydrogen) atoms. The molecule has 8 heteroatoms. The highest BCUT2D eigenvalue weighted by atomic mass is 32.2. The fourth-order valence-corrected chi connectivity index (χ4v) is 6.96. The van der Waals surface area contributed by atoms with Crippen molar-refractivity contribution in [1.29, 1.82) is 0 Å². The van der Waals surface area contributed by atoms with Crippen molar-refractivity contribution in [2.75, 3.05) is 26.2 Å². The number of aryl methyl sites for hydroxylation is 2.